The maximum Gasteiger partial charge on any atom is 0.142 e. The van der Waals surface area contributed by atoms with E-state index in [0.29, 0.717) is 31.4 Å². The predicted molar refractivity (Wildman–Crippen MR) is 84.8 cm³/mol. The third-order valence-electron chi connectivity index (χ3n) is 2.52. The number of halogens is 3. The monoisotopic (exact) mass is 392 g/mol. The van der Waals surface area contributed by atoms with Crippen LogP contribution in [0, 0.1) is 9.39 Å². The van der Waals surface area contributed by atoms with Crippen LogP contribution >= 0.6 is 34.2 Å². The number of anilines is 3. The van der Waals surface area contributed by atoms with Crippen LogP contribution in [0.25, 0.3) is 0 Å². The van der Waals surface area contributed by atoms with Gasteiger partial charge >= 0.3 is 0 Å². The normalized spacial score (nSPS) is 10.3. The summed E-state index contributed by atoms with van der Waals surface area (Å²) in [4.78, 5) is 0. The lowest BCUT2D eigenvalue weighted by Gasteiger charge is -2.13. The maximum atomic E-state index is 13.6. The van der Waals surface area contributed by atoms with E-state index in [2.05, 4.69) is 5.32 Å². The van der Waals surface area contributed by atoms with Gasteiger partial charge in [0.15, 0.2) is 0 Å². The number of nitrogens with two attached hydrogens (primary N) is 1. The second-order valence-electron chi connectivity index (χ2n) is 3.82. The molecule has 0 spiro atoms. The third kappa shape index (κ3) is 3.22. The summed E-state index contributed by atoms with van der Waals surface area (Å²) in [6.07, 6.45) is 0. The van der Waals surface area contributed by atoms with Gasteiger partial charge in [0.25, 0.3) is 0 Å². The molecule has 3 N–H and O–H groups in total. The predicted octanol–water partition coefficient (Wildman–Crippen LogP) is 4.42. The van der Waals surface area contributed by atoms with Crippen molar-refractivity contribution < 1.29 is 9.13 Å². The number of hydrogen-bond acceptors (Lipinski definition) is 3. The molecule has 0 saturated carbocycles. The van der Waals surface area contributed by atoms with Gasteiger partial charge < -0.3 is 15.8 Å². The molecule has 0 aliphatic heterocycles. The van der Waals surface area contributed by atoms with Crippen molar-refractivity contribution in [2.24, 2.45) is 0 Å². The molecule has 3 nitrogen and oxygen atoms in total. The molecule has 19 heavy (non-hydrogen) atoms. The van der Waals surface area contributed by atoms with E-state index in [1.54, 1.807) is 31.4 Å². The first-order valence-corrected chi connectivity index (χ1v) is 6.82. The van der Waals surface area contributed by atoms with Crippen molar-refractivity contribution in [3.8, 4) is 5.75 Å². The van der Waals surface area contributed by atoms with Gasteiger partial charge in [0.05, 0.1) is 27.7 Å². The van der Waals surface area contributed by atoms with Crippen LogP contribution < -0.4 is 15.8 Å². The Kier molecular flexibility index (Phi) is 4.36. The molecule has 0 radical (unpaired) electrons. The number of benzene rings is 2. The molecule has 100 valence electrons. The molecule has 0 fully saturated rings. The first-order valence-electron chi connectivity index (χ1n) is 5.36. The molecule has 2 rings (SSSR count). The van der Waals surface area contributed by atoms with E-state index in [1.807, 2.05) is 22.6 Å². The fourth-order valence-corrected chi connectivity index (χ4v) is 2.26. The number of ether oxygens (including phenoxy) is 1. The Hall–Kier alpha value is -1.21. The minimum Gasteiger partial charge on any atom is -0.495 e. The zero-order valence-corrected chi connectivity index (χ0v) is 12.9. The van der Waals surface area contributed by atoms with Crippen molar-refractivity contribution in [2.75, 3.05) is 18.2 Å². The average molecular weight is 393 g/mol. The highest BCUT2D eigenvalue weighted by Gasteiger charge is 2.09. The highest BCUT2D eigenvalue weighted by Crippen LogP contribution is 2.33. The van der Waals surface area contributed by atoms with Gasteiger partial charge in [0.1, 0.15) is 11.6 Å². The lowest BCUT2D eigenvalue weighted by Crippen LogP contribution is -2.00. The second-order valence-corrected chi connectivity index (χ2v) is 5.42. The van der Waals surface area contributed by atoms with Gasteiger partial charge in [-0.2, -0.15) is 0 Å². The van der Waals surface area contributed by atoms with E-state index < -0.39 is 0 Å². The molecule has 0 amide bonds. The summed E-state index contributed by atoms with van der Waals surface area (Å²) in [5.74, 6) is 0.265. The Morgan fingerprint density at radius 2 is 2.00 bits per heavy atom. The molecular weight excluding hydrogens is 382 g/mol. The van der Waals surface area contributed by atoms with Gasteiger partial charge in [-0.05, 0) is 46.9 Å². The van der Waals surface area contributed by atoms with Crippen molar-refractivity contribution in [2.45, 2.75) is 0 Å². The number of rotatable bonds is 3. The lowest BCUT2D eigenvalue weighted by molar-refractivity contribution is 0.417. The summed E-state index contributed by atoms with van der Waals surface area (Å²) in [5.41, 5.74) is 7.41. The van der Waals surface area contributed by atoms with E-state index >= 15 is 0 Å². The highest BCUT2D eigenvalue weighted by molar-refractivity contribution is 14.1. The molecule has 0 aliphatic carbocycles. The van der Waals surface area contributed by atoms with Crippen molar-refractivity contribution in [1.29, 1.82) is 0 Å². The third-order valence-corrected chi connectivity index (χ3v) is 3.59. The van der Waals surface area contributed by atoms with E-state index in [4.69, 9.17) is 22.1 Å². The standard InChI is InChI=1S/C13H11ClFIN2O/c1-19-13-3-2-7(14)4-12(13)18-11-5-8(15)9(16)6-10(11)17/h2-6,18H,17H2,1H3. The Morgan fingerprint density at radius 3 is 2.68 bits per heavy atom. The topological polar surface area (TPSA) is 47.3 Å². The summed E-state index contributed by atoms with van der Waals surface area (Å²) in [6.45, 7) is 0. The van der Waals surface area contributed by atoms with Crippen molar-refractivity contribution >= 4 is 51.3 Å². The van der Waals surface area contributed by atoms with Crippen molar-refractivity contribution in [1.82, 2.24) is 0 Å². The van der Waals surface area contributed by atoms with Gasteiger partial charge in [-0.25, -0.2) is 4.39 Å². The van der Waals surface area contributed by atoms with Crippen LogP contribution in [0.4, 0.5) is 21.5 Å². The van der Waals surface area contributed by atoms with Crippen molar-refractivity contribution in [3.63, 3.8) is 0 Å². The molecule has 0 unspecified atom stereocenters. The molecule has 2 aromatic rings. The molecule has 2 aromatic carbocycles. The van der Waals surface area contributed by atoms with Gasteiger partial charge in [-0.1, -0.05) is 11.6 Å². The summed E-state index contributed by atoms with van der Waals surface area (Å²) >= 11 is 7.82. The van der Waals surface area contributed by atoms with E-state index in [1.165, 1.54) is 6.07 Å². The summed E-state index contributed by atoms with van der Waals surface area (Å²) in [5, 5.41) is 3.57. The molecular formula is C13H11ClFIN2O. The molecule has 0 aromatic heterocycles. The highest BCUT2D eigenvalue weighted by atomic mass is 127. The average Bonchev–Trinajstić information content (AvgIpc) is 2.36. The summed E-state index contributed by atoms with van der Waals surface area (Å²) < 4.78 is 19.2. The molecule has 0 atom stereocenters. The van der Waals surface area contributed by atoms with Gasteiger partial charge in [0, 0.05) is 11.1 Å². The Morgan fingerprint density at radius 1 is 1.26 bits per heavy atom. The number of nitrogen functional groups attached to an aromatic ring is 1. The van der Waals surface area contributed by atoms with Crippen LogP contribution in [0.15, 0.2) is 30.3 Å². The molecule has 0 aliphatic rings. The first kappa shape index (κ1) is 14.2. The van der Waals surface area contributed by atoms with Crippen LogP contribution in [-0.4, -0.2) is 7.11 Å². The molecule has 0 bridgehead atoms. The van der Waals surface area contributed by atoms with E-state index in [-0.39, 0.29) is 5.82 Å². The maximum absolute atomic E-state index is 13.6. The zero-order valence-electron chi connectivity index (χ0n) is 10.0. The van der Waals surface area contributed by atoms with Gasteiger partial charge in [-0.3, -0.25) is 0 Å². The second kappa shape index (κ2) is 5.83. The number of methoxy groups -OCH3 is 1. The number of hydrogen-bond donors (Lipinski definition) is 2. The van der Waals surface area contributed by atoms with Gasteiger partial charge in [0.2, 0.25) is 0 Å². The van der Waals surface area contributed by atoms with Crippen molar-refractivity contribution in [3.05, 3.63) is 44.7 Å². The lowest BCUT2D eigenvalue weighted by atomic mass is 10.2. The van der Waals surface area contributed by atoms with E-state index in [9.17, 15) is 4.39 Å². The summed E-state index contributed by atoms with van der Waals surface area (Å²) in [7, 11) is 1.55. The minimum atomic E-state index is -0.335. The van der Waals surface area contributed by atoms with Gasteiger partial charge in [-0.15, -0.1) is 0 Å². The minimum absolute atomic E-state index is 0.335. The zero-order chi connectivity index (χ0) is 14.0. The van der Waals surface area contributed by atoms with E-state index in [0.717, 1.165) is 0 Å². The molecule has 0 saturated heterocycles. The van der Waals surface area contributed by atoms with Crippen LogP contribution in [-0.2, 0) is 0 Å². The Labute approximate surface area is 129 Å². The van der Waals surface area contributed by atoms with Crippen LogP contribution in [0.1, 0.15) is 0 Å². The van der Waals surface area contributed by atoms with Crippen LogP contribution in [0.2, 0.25) is 5.02 Å². The number of nitrogens with one attached hydrogen (secondary N) is 1. The smallest absolute Gasteiger partial charge is 0.142 e. The SMILES string of the molecule is COc1ccc(Cl)cc1Nc1cc(F)c(I)cc1N. The Balaban J connectivity index is 2.41. The first-order chi connectivity index (χ1) is 9.01. The largest absolute Gasteiger partial charge is 0.495 e. The fraction of sp³-hybridized carbons (Fsp3) is 0.0769. The summed E-state index contributed by atoms with van der Waals surface area (Å²) in [6, 6.07) is 8.04. The van der Waals surface area contributed by atoms with Crippen LogP contribution in [0.3, 0.4) is 0 Å². The van der Waals surface area contributed by atoms with Crippen LogP contribution in [0.5, 0.6) is 5.75 Å². The quantitative estimate of drug-likeness (QED) is 0.600. The molecule has 6 heteroatoms. The fourth-order valence-electron chi connectivity index (χ4n) is 1.59. The Bertz CT molecular complexity index is 622. The molecule has 0 heterocycles.